The van der Waals surface area contributed by atoms with E-state index in [0.29, 0.717) is 0 Å². The van der Waals surface area contributed by atoms with E-state index in [0.717, 1.165) is 11.4 Å². The molecule has 0 bridgehead atoms. The van der Waals surface area contributed by atoms with E-state index in [4.69, 9.17) is 11.6 Å². The second-order valence-electron chi connectivity index (χ2n) is 3.00. The summed E-state index contributed by atoms with van der Waals surface area (Å²) in [5, 5.41) is 0.787. The molecule has 1 aromatic heterocycles. The van der Waals surface area contributed by atoms with E-state index in [9.17, 15) is 0 Å². The number of aromatic nitrogens is 1. The zero-order valence-electron chi connectivity index (χ0n) is 7.13. The molecule has 0 aliphatic carbocycles. The van der Waals surface area contributed by atoms with Gasteiger partial charge in [-0.1, -0.05) is 23.7 Å². The number of nitrogens with one attached hydrogen (secondary N) is 1. The quantitative estimate of drug-likeness (QED) is 0.750. The summed E-state index contributed by atoms with van der Waals surface area (Å²) in [6.07, 6.45) is 2.87. The number of rotatable bonds is 2. The molecule has 0 radical (unpaired) electrons. The van der Waals surface area contributed by atoms with Gasteiger partial charge in [-0.25, -0.2) is 0 Å². The Morgan fingerprint density at radius 3 is 2.46 bits per heavy atom. The fourth-order valence-corrected chi connectivity index (χ4v) is 1.43. The summed E-state index contributed by atoms with van der Waals surface area (Å²) < 4.78 is 0. The van der Waals surface area contributed by atoms with Crippen molar-refractivity contribution in [1.29, 1.82) is 0 Å². The molecule has 2 rings (SSSR count). The van der Waals surface area contributed by atoms with Crippen LogP contribution in [0.25, 0.3) is 0 Å². The molecule has 0 atom stereocenters. The second kappa shape index (κ2) is 3.67. The van der Waals surface area contributed by atoms with Gasteiger partial charge in [-0.15, -0.1) is 0 Å². The van der Waals surface area contributed by atoms with Crippen molar-refractivity contribution in [2.75, 3.05) is 0 Å². The largest absolute Gasteiger partial charge is 0.365 e. The van der Waals surface area contributed by atoms with Crippen molar-refractivity contribution in [3.05, 3.63) is 58.9 Å². The van der Waals surface area contributed by atoms with Gasteiger partial charge >= 0.3 is 0 Å². The number of aromatic amines is 1. The van der Waals surface area contributed by atoms with E-state index in [2.05, 4.69) is 11.1 Å². The Kier molecular flexibility index (Phi) is 2.37. The lowest BCUT2D eigenvalue weighted by Crippen LogP contribution is -1.86. The molecule has 0 saturated carbocycles. The van der Waals surface area contributed by atoms with Crippen LogP contribution in [-0.4, -0.2) is 4.98 Å². The van der Waals surface area contributed by atoms with Crippen molar-refractivity contribution in [3.8, 4) is 0 Å². The highest BCUT2D eigenvalue weighted by molar-refractivity contribution is 6.30. The van der Waals surface area contributed by atoms with E-state index < -0.39 is 0 Å². The van der Waals surface area contributed by atoms with Gasteiger partial charge in [0, 0.05) is 23.3 Å². The summed E-state index contributed by atoms with van der Waals surface area (Å²) in [6.45, 7) is 0. The SMILES string of the molecule is Clc1ccc(Cc2ccc[nH]2)cc1. The van der Waals surface area contributed by atoms with Crippen molar-refractivity contribution in [2.24, 2.45) is 0 Å². The monoisotopic (exact) mass is 191 g/mol. The topological polar surface area (TPSA) is 15.8 Å². The summed E-state index contributed by atoms with van der Waals surface area (Å²) in [5.41, 5.74) is 2.49. The van der Waals surface area contributed by atoms with Gasteiger partial charge in [0.25, 0.3) is 0 Å². The Balaban J connectivity index is 2.15. The normalized spacial score (nSPS) is 10.2. The smallest absolute Gasteiger partial charge is 0.0406 e. The van der Waals surface area contributed by atoms with Gasteiger partial charge in [0.2, 0.25) is 0 Å². The standard InChI is InChI=1S/C11H10ClN/c12-10-5-3-9(4-6-10)8-11-2-1-7-13-11/h1-7,13H,8H2. The zero-order chi connectivity index (χ0) is 9.10. The molecule has 0 amide bonds. The van der Waals surface area contributed by atoms with Gasteiger partial charge in [0.15, 0.2) is 0 Å². The fraction of sp³-hybridized carbons (Fsp3) is 0.0909. The highest BCUT2D eigenvalue weighted by Crippen LogP contribution is 2.12. The maximum atomic E-state index is 5.79. The third kappa shape index (κ3) is 2.13. The van der Waals surface area contributed by atoms with Crippen LogP contribution in [0.1, 0.15) is 11.3 Å². The molecule has 2 aromatic rings. The van der Waals surface area contributed by atoms with Crippen LogP contribution in [0.15, 0.2) is 42.6 Å². The molecule has 1 nitrogen and oxygen atoms in total. The maximum Gasteiger partial charge on any atom is 0.0406 e. The van der Waals surface area contributed by atoms with Crippen LogP contribution < -0.4 is 0 Å². The van der Waals surface area contributed by atoms with Crippen molar-refractivity contribution in [1.82, 2.24) is 4.98 Å². The predicted molar refractivity (Wildman–Crippen MR) is 55.1 cm³/mol. The average Bonchev–Trinajstić information content (AvgIpc) is 2.62. The molecule has 0 fully saturated rings. The van der Waals surface area contributed by atoms with Crippen LogP contribution in [-0.2, 0) is 6.42 Å². The highest BCUT2D eigenvalue weighted by atomic mass is 35.5. The zero-order valence-corrected chi connectivity index (χ0v) is 7.88. The first-order chi connectivity index (χ1) is 6.34. The van der Waals surface area contributed by atoms with Gasteiger partial charge in [0.1, 0.15) is 0 Å². The van der Waals surface area contributed by atoms with Crippen LogP contribution in [0, 0.1) is 0 Å². The van der Waals surface area contributed by atoms with Gasteiger partial charge < -0.3 is 4.98 Å². The molecule has 0 aliphatic rings. The van der Waals surface area contributed by atoms with Crippen LogP contribution in [0.3, 0.4) is 0 Å². The molecule has 1 aromatic carbocycles. The third-order valence-electron chi connectivity index (χ3n) is 1.97. The van der Waals surface area contributed by atoms with E-state index >= 15 is 0 Å². The van der Waals surface area contributed by atoms with Crippen molar-refractivity contribution >= 4 is 11.6 Å². The molecule has 0 unspecified atom stereocenters. The lowest BCUT2D eigenvalue weighted by molar-refractivity contribution is 1.11. The molecular weight excluding hydrogens is 182 g/mol. The number of H-pyrrole nitrogens is 1. The third-order valence-corrected chi connectivity index (χ3v) is 2.22. The summed E-state index contributed by atoms with van der Waals surface area (Å²) >= 11 is 5.79. The molecule has 66 valence electrons. The van der Waals surface area contributed by atoms with Crippen LogP contribution in [0.2, 0.25) is 5.02 Å². The fourth-order valence-electron chi connectivity index (χ4n) is 1.30. The highest BCUT2D eigenvalue weighted by Gasteiger charge is 1.95. The van der Waals surface area contributed by atoms with Gasteiger partial charge in [-0.3, -0.25) is 0 Å². The minimum Gasteiger partial charge on any atom is -0.365 e. The molecule has 2 heteroatoms. The number of benzene rings is 1. The molecule has 0 aliphatic heterocycles. The van der Waals surface area contributed by atoms with Crippen LogP contribution in [0.4, 0.5) is 0 Å². The minimum atomic E-state index is 0.787. The van der Waals surface area contributed by atoms with E-state index in [1.165, 1.54) is 11.3 Å². The Morgan fingerprint density at radius 1 is 1.08 bits per heavy atom. The van der Waals surface area contributed by atoms with Crippen molar-refractivity contribution < 1.29 is 0 Å². The van der Waals surface area contributed by atoms with E-state index in [-0.39, 0.29) is 0 Å². The van der Waals surface area contributed by atoms with Crippen molar-refractivity contribution in [2.45, 2.75) is 6.42 Å². The van der Waals surface area contributed by atoms with Crippen molar-refractivity contribution in [3.63, 3.8) is 0 Å². The Morgan fingerprint density at radius 2 is 1.85 bits per heavy atom. The Bertz CT molecular complexity index is 361. The van der Waals surface area contributed by atoms with Gasteiger partial charge in [0.05, 0.1) is 0 Å². The summed E-state index contributed by atoms with van der Waals surface area (Å²) in [4.78, 5) is 3.17. The molecule has 0 spiro atoms. The first-order valence-corrected chi connectivity index (χ1v) is 4.59. The number of hydrogen-bond donors (Lipinski definition) is 1. The Labute approximate surface area is 82.4 Å². The summed E-state index contributed by atoms with van der Waals surface area (Å²) in [5.74, 6) is 0. The van der Waals surface area contributed by atoms with Gasteiger partial charge in [-0.05, 0) is 29.8 Å². The summed E-state index contributed by atoms with van der Waals surface area (Å²) in [6, 6.07) is 12.0. The first-order valence-electron chi connectivity index (χ1n) is 4.21. The number of hydrogen-bond acceptors (Lipinski definition) is 0. The molecule has 0 saturated heterocycles. The van der Waals surface area contributed by atoms with E-state index in [1.807, 2.05) is 36.5 Å². The number of halogens is 1. The molecular formula is C11H10ClN. The maximum absolute atomic E-state index is 5.79. The first kappa shape index (κ1) is 8.39. The van der Waals surface area contributed by atoms with Crippen LogP contribution in [0.5, 0.6) is 0 Å². The predicted octanol–water partition coefficient (Wildman–Crippen LogP) is 3.26. The minimum absolute atomic E-state index is 0.787. The average molecular weight is 192 g/mol. The Hall–Kier alpha value is -1.21. The molecule has 1 N–H and O–H groups in total. The molecule has 13 heavy (non-hydrogen) atoms. The second-order valence-corrected chi connectivity index (χ2v) is 3.44. The van der Waals surface area contributed by atoms with Crippen LogP contribution >= 0.6 is 11.6 Å². The van der Waals surface area contributed by atoms with E-state index in [1.54, 1.807) is 0 Å². The molecule has 1 heterocycles. The van der Waals surface area contributed by atoms with Gasteiger partial charge in [-0.2, -0.15) is 0 Å². The summed E-state index contributed by atoms with van der Waals surface area (Å²) in [7, 11) is 0. The lowest BCUT2D eigenvalue weighted by atomic mass is 10.1. The lowest BCUT2D eigenvalue weighted by Gasteiger charge is -1.98.